The van der Waals surface area contributed by atoms with E-state index >= 15 is 0 Å². The first kappa shape index (κ1) is 13.0. The predicted molar refractivity (Wildman–Crippen MR) is 65.8 cm³/mol. The molecule has 0 heterocycles. The van der Waals surface area contributed by atoms with Crippen molar-refractivity contribution in [2.45, 2.75) is 0 Å². The van der Waals surface area contributed by atoms with Gasteiger partial charge in [-0.05, 0) is 6.07 Å². The number of hydrogen-bond acceptors (Lipinski definition) is 4. The molecule has 0 fully saturated rings. The Bertz CT molecular complexity index is 455. The molecule has 0 atom stereocenters. The molecule has 1 aromatic carbocycles. The monoisotopic (exact) mass is 237 g/mol. The Morgan fingerprint density at radius 2 is 2.12 bits per heavy atom. The number of para-hydroxylation sites is 1. The van der Waals surface area contributed by atoms with Gasteiger partial charge in [0.05, 0.1) is 17.6 Å². The van der Waals surface area contributed by atoms with Gasteiger partial charge in [-0.2, -0.15) is 0 Å². The van der Waals surface area contributed by atoms with Crippen LogP contribution in [-0.4, -0.2) is 43.9 Å². The highest BCUT2D eigenvalue weighted by Gasteiger charge is 2.21. The number of rotatable bonds is 3. The van der Waals surface area contributed by atoms with Crippen molar-refractivity contribution in [1.29, 1.82) is 0 Å². The zero-order valence-corrected chi connectivity index (χ0v) is 10.3. The van der Waals surface area contributed by atoms with E-state index in [1.807, 2.05) is 14.1 Å². The van der Waals surface area contributed by atoms with Crippen LogP contribution in [0.15, 0.2) is 23.2 Å². The molecule has 0 radical (unpaired) electrons. The summed E-state index contributed by atoms with van der Waals surface area (Å²) in [6.45, 7) is 0. The van der Waals surface area contributed by atoms with Crippen LogP contribution in [0.4, 0.5) is 5.69 Å². The lowest BCUT2D eigenvalue weighted by Gasteiger charge is -2.17. The molecule has 6 heteroatoms. The number of nitro benzene ring substituents is 1. The molecule has 1 aromatic rings. The lowest BCUT2D eigenvalue weighted by Crippen LogP contribution is -2.23. The van der Waals surface area contributed by atoms with E-state index in [9.17, 15) is 10.1 Å². The Morgan fingerprint density at radius 3 is 2.53 bits per heavy atom. The van der Waals surface area contributed by atoms with Crippen LogP contribution in [0.25, 0.3) is 0 Å². The van der Waals surface area contributed by atoms with E-state index in [0.29, 0.717) is 11.4 Å². The van der Waals surface area contributed by atoms with Gasteiger partial charge in [-0.3, -0.25) is 15.1 Å². The first-order valence-corrected chi connectivity index (χ1v) is 4.98. The maximum atomic E-state index is 10.9. The normalized spacial score (nSPS) is 11.2. The molecule has 0 saturated carbocycles. The molecule has 0 aliphatic carbocycles. The molecule has 0 bridgehead atoms. The van der Waals surface area contributed by atoms with Crippen LogP contribution in [0.2, 0.25) is 0 Å². The third-order valence-electron chi connectivity index (χ3n) is 2.27. The average molecular weight is 237 g/mol. The van der Waals surface area contributed by atoms with E-state index in [1.165, 1.54) is 13.2 Å². The highest BCUT2D eigenvalue weighted by molar-refractivity contribution is 6.01. The van der Waals surface area contributed by atoms with E-state index < -0.39 is 4.92 Å². The highest BCUT2D eigenvalue weighted by Crippen LogP contribution is 2.31. The Kier molecular flexibility index (Phi) is 4.03. The largest absolute Gasteiger partial charge is 0.490 e. The average Bonchev–Trinajstić information content (AvgIpc) is 2.29. The molecule has 0 amide bonds. The SMILES string of the molecule is C/N=C(/c1cccc([N+](=O)[O-])c1OC)N(C)C. The molecule has 0 aliphatic heterocycles. The lowest BCUT2D eigenvalue weighted by molar-refractivity contribution is -0.385. The van der Waals surface area contributed by atoms with Gasteiger partial charge in [-0.25, -0.2) is 0 Å². The summed E-state index contributed by atoms with van der Waals surface area (Å²) in [5, 5.41) is 10.9. The number of benzene rings is 1. The molecular formula is C11H15N3O3. The van der Waals surface area contributed by atoms with Crippen LogP contribution in [0.1, 0.15) is 5.56 Å². The molecule has 17 heavy (non-hydrogen) atoms. The van der Waals surface area contributed by atoms with E-state index in [0.717, 1.165) is 0 Å². The van der Waals surface area contributed by atoms with Crippen molar-refractivity contribution in [2.24, 2.45) is 4.99 Å². The zero-order valence-electron chi connectivity index (χ0n) is 10.3. The second-order valence-electron chi connectivity index (χ2n) is 3.56. The van der Waals surface area contributed by atoms with Crippen LogP contribution in [-0.2, 0) is 0 Å². The van der Waals surface area contributed by atoms with Crippen molar-refractivity contribution in [2.75, 3.05) is 28.3 Å². The summed E-state index contributed by atoms with van der Waals surface area (Å²) in [6, 6.07) is 4.77. The van der Waals surface area contributed by atoms with Crippen molar-refractivity contribution in [3.05, 3.63) is 33.9 Å². The van der Waals surface area contributed by atoms with Crippen LogP contribution in [0, 0.1) is 10.1 Å². The van der Waals surface area contributed by atoms with Crippen LogP contribution < -0.4 is 4.74 Å². The van der Waals surface area contributed by atoms with Gasteiger partial charge in [0.2, 0.25) is 5.75 Å². The van der Waals surface area contributed by atoms with Crippen LogP contribution in [0.5, 0.6) is 5.75 Å². The van der Waals surface area contributed by atoms with Gasteiger partial charge in [-0.15, -0.1) is 0 Å². The minimum Gasteiger partial charge on any atom is -0.490 e. The molecule has 6 nitrogen and oxygen atoms in total. The van der Waals surface area contributed by atoms with Crippen molar-refractivity contribution in [3.63, 3.8) is 0 Å². The van der Waals surface area contributed by atoms with Gasteiger partial charge in [0, 0.05) is 27.2 Å². The number of nitrogens with zero attached hydrogens (tertiary/aromatic N) is 3. The molecule has 0 aliphatic rings. The van der Waals surface area contributed by atoms with E-state index in [2.05, 4.69) is 4.99 Å². The molecule has 0 unspecified atom stereocenters. The fraction of sp³-hybridized carbons (Fsp3) is 0.364. The molecule has 0 aromatic heterocycles. The third kappa shape index (κ3) is 2.52. The van der Waals surface area contributed by atoms with Crippen molar-refractivity contribution >= 4 is 11.5 Å². The van der Waals surface area contributed by atoms with E-state index in [-0.39, 0.29) is 11.4 Å². The van der Waals surface area contributed by atoms with Gasteiger partial charge < -0.3 is 9.64 Å². The highest BCUT2D eigenvalue weighted by atomic mass is 16.6. The Labute approximate surface area is 99.7 Å². The number of amidine groups is 1. The minimum absolute atomic E-state index is 0.0620. The van der Waals surface area contributed by atoms with E-state index in [4.69, 9.17) is 4.74 Å². The predicted octanol–water partition coefficient (Wildman–Crippen LogP) is 1.54. The lowest BCUT2D eigenvalue weighted by atomic mass is 10.1. The zero-order chi connectivity index (χ0) is 13.0. The molecular weight excluding hydrogens is 222 g/mol. The summed E-state index contributed by atoms with van der Waals surface area (Å²) in [6.07, 6.45) is 0. The van der Waals surface area contributed by atoms with Gasteiger partial charge in [0.25, 0.3) is 0 Å². The van der Waals surface area contributed by atoms with Crippen LogP contribution in [0.3, 0.4) is 0 Å². The first-order valence-electron chi connectivity index (χ1n) is 4.98. The summed E-state index contributed by atoms with van der Waals surface area (Å²) in [5.74, 6) is 0.859. The molecule has 92 valence electrons. The topological polar surface area (TPSA) is 68.0 Å². The third-order valence-corrected chi connectivity index (χ3v) is 2.27. The summed E-state index contributed by atoms with van der Waals surface area (Å²) >= 11 is 0. The van der Waals surface area contributed by atoms with E-state index in [1.54, 1.807) is 24.1 Å². The molecule has 0 saturated heterocycles. The number of methoxy groups -OCH3 is 1. The van der Waals surface area contributed by atoms with Gasteiger partial charge in [0.1, 0.15) is 5.84 Å². The summed E-state index contributed by atoms with van der Waals surface area (Å²) < 4.78 is 5.12. The Balaban J connectivity index is 3.44. The standard InChI is InChI=1S/C11H15N3O3/c1-12-11(13(2)3)8-6-5-7-9(14(15)16)10(8)17-4/h5-7H,1-4H3/b12-11-. The van der Waals surface area contributed by atoms with Gasteiger partial charge in [-0.1, -0.05) is 6.07 Å². The second-order valence-corrected chi connectivity index (χ2v) is 3.56. The number of hydrogen-bond donors (Lipinski definition) is 0. The first-order chi connectivity index (χ1) is 8.02. The fourth-order valence-electron chi connectivity index (χ4n) is 1.62. The maximum Gasteiger partial charge on any atom is 0.311 e. The maximum absolute atomic E-state index is 10.9. The molecule has 0 spiro atoms. The molecule has 0 N–H and O–H groups in total. The minimum atomic E-state index is -0.467. The van der Waals surface area contributed by atoms with Crippen molar-refractivity contribution < 1.29 is 9.66 Å². The second kappa shape index (κ2) is 5.29. The van der Waals surface area contributed by atoms with Gasteiger partial charge in [0.15, 0.2) is 0 Å². The summed E-state index contributed by atoms with van der Waals surface area (Å²) in [4.78, 5) is 16.3. The Hall–Kier alpha value is -2.11. The van der Waals surface area contributed by atoms with Gasteiger partial charge >= 0.3 is 5.69 Å². The molecule has 1 rings (SSSR count). The quantitative estimate of drug-likeness (QED) is 0.346. The summed E-state index contributed by atoms with van der Waals surface area (Å²) in [5.41, 5.74) is 0.544. The smallest absolute Gasteiger partial charge is 0.311 e. The summed E-state index contributed by atoms with van der Waals surface area (Å²) in [7, 11) is 6.68. The number of aliphatic imine (C=N–C) groups is 1. The fourth-order valence-corrected chi connectivity index (χ4v) is 1.62. The van der Waals surface area contributed by atoms with Crippen molar-refractivity contribution in [3.8, 4) is 5.75 Å². The number of nitro groups is 1. The number of ether oxygens (including phenoxy) is 1. The Morgan fingerprint density at radius 1 is 1.47 bits per heavy atom. The van der Waals surface area contributed by atoms with Crippen molar-refractivity contribution in [1.82, 2.24) is 4.90 Å². The van der Waals surface area contributed by atoms with Crippen LogP contribution >= 0.6 is 0 Å².